The van der Waals surface area contributed by atoms with E-state index >= 15 is 0 Å². The zero-order chi connectivity index (χ0) is 12.6. The maximum atomic E-state index is 5.66. The molecular weight excluding hydrogens is 218 g/mol. The van der Waals surface area contributed by atoms with Crippen LogP contribution < -0.4 is 5.73 Å². The average Bonchev–Trinajstić information content (AvgIpc) is 2.17. The van der Waals surface area contributed by atoms with E-state index in [9.17, 15) is 0 Å². The van der Waals surface area contributed by atoms with E-state index in [1.807, 2.05) is 0 Å². The standard InChI is InChI=1S/C13H27NOS/c1-5-7-11(2)10-15-9-6-8-13(3,4)12(14)16/h11H,5-10H2,1-4H3,(H2,14,16). The fraction of sp³-hybridized carbons (Fsp3) is 0.923. The predicted molar refractivity (Wildman–Crippen MR) is 74.7 cm³/mol. The predicted octanol–water partition coefficient (Wildman–Crippen LogP) is 3.53. The Bertz CT molecular complexity index is 204. The molecular formula is C13H27NOS. The summed E-state index contributed by atoms with van der Waals surface area (Å²) in [5.41, 5.74) is 5.63. The molecule has 0 fully saturated rings. The highest BCUT2D eigenvalue weighted by atomic mass is 32.1. The van der Waals surface area contributed by atoms with Crippen LogP contribution in [0.5, 0.6) is 0 Å². The number of ether oxygens (including phenoxy) is 1. The van der Waals surface area contributed by atoms with Crippen LogP contribution >= 0.6 is 12.2 Å². The topological polar surface area (TPSA) is 35.2 Å². The summed E-state index contributed by atoms with van der Waals surface area (Å²) in [6.07, 6.45) is 4.52. The molecule has 0 spiro atoms. The lowest BCUT2D eigenvalue weighted by Gasteiger charge is -2.22. The van der Waals surface area contributed by atoms with Crippen molar-refractivity contribution < 1.29 is 4.74 Å². The van der Waals surface area contributed by atoms with Crippen molar-refractivity contribution in [3.05, 3.63) is 0 Å². The quantitative estimate of drug-likeness (QED) is 0.498. The monoisotopic (exact) mass is 245 g/mol. The summed E-state index contributed by atoms with van der Waals surface area (Å²) in [5, 5.41) is 0. The summed E-state index contributed by atoms with van der Waals surface area (Å²) < 4.78 is 5.64. The molecule has 1 unspecified atom stereocenters. The molecule has 16 heavy (non-hydrogen) atoms. The second-order valence-corrected chi connectivity index (χ2v) is 5.76. The lowest BCUT2D eigenvalue weighted by atomic mass is 9.88. The minimum Gasteiger partial charge on any atom is -0.393 e. The first-order chi connectivity index (χ1) is 7.40. The highest BCUT2D eigenvalue weighted by Gasteiger charge is 2.20. The third-order valence-corrected chi connectivity index (χ3v) is 3.49. The van der Waals surface area contributed by atoms with Crippen LogP contribution in [0, 0.1) is 11.3 Å². The second kappa shape index (κ2) is 8.02. The molecule has 0 aliphatic heterocycles. The van der Waals surface area contributed by atoms with Crippen LogP contribution in [0.3, 0.4) is 0 Å². The van der Waals surface area contributed by atoms with Crippen molar-refractivity contribution in [2.45, 2.75) is 53.4 Å². The van der Waals surface area contributed by atoms with Crippen LogP contribution in [0.4, 0.5) is 0 Å². The molecule has 2 N–H and O–H groups in total. The summed E-state index contributed by atoms with van der Waals surface area (Å²) in [4.78, 5) is 0.604. The molecule has 0 saturated heterocycles. The van der Waals surface area contributed by atoms with Crippen molar-refractivity contribution in [1.29, 1.82) is 0 Å². The number of rotatable bonds is 9. The molecule has 0 aromatic rings. The Morgan fingerprint density at radius 2 is 2.06 bits per heavy atom. The Labute approximate surface area is 106 Å². The Kier molecular flexibility index (Phi) is 7.94. The van der Waals surface area contributed by atoms with Gasteiger partial charge in [0.2, 0.25) is 0 Å². The maximum absolute atomic E-state index is 5.66. The van der Waals surface area contributed by atoms with Crippen molar-refractivity contribution in [2.75, 3.05) is 13.2 Å². The van der Waals surface area contributed by atoms with Gasteiger partial charge in [0.15, 0.2) is 0 Å². The minimum atomic E-state index is -0.0340. The van der Waals surface area contributed by atoms with E-state index < -0.39 is 0 Å². The van der Waals surface area contributed by atoms with E-state index in [1.165, 1.54) is 12.8 Å². The Balaban J connectivity index is 3.50. The molecule has 96 valence electrons. The molecule has 0 aliphatic carbocycles. The Morgan fingerprint density at radius 3 is 2.56 bits per heavy atom. The summed E-state index contributed by atoms with van der Waals surface area (Å²) in [6, 6.07) is 0. The molecule has 0 heterocycles. The molecule has 0 rings (SSSR count). The molecule has 0 aromatic heterocycles. The Morgan fingerprint density at radius 1 is 1.44 bits per heavy atom. The van der Waals surface area contributed by atoms with Crippen molar-refractivity contribution in [3.63, 3.8) is 0 Å². The highest BCUT2D eigenvalue weighted by Crippen LogP contribution is 2.22. The van der Waals surface area contributed by atoms with Gasteiger partial charge in [0, 0.05) is 18.6 Å². The summed E-state index contributed by atoms with van der Waals surface area (Å²) >= 11 is 5.02. The highest BCUT2D eigenvalue weighted by molar-refractivity contribution is 7.80. The van der Waals surface area contributed by atoms with Crippen molar-refractivity contribution >= 4 is 17.2 Å². The Hall–Kier alpha value is -0.150. The normalized spacial score (nSPS) is 13.8. The molecule has 3 heteroatoms. The molecule has 0 aromatic carbocycles. The lowest BCUT2D eigenvalue weighted by Crippen LogP contribution is -2.29. The van der Waals surface area contributed by atoms with Gasteiger partial charge in [-0.2, -0.15) is 0 Å². The van der Waals surface area contributed by atoms with Crippen LogP contribution in [0.25, 0.3) is 0 Å². The van der Waals surface area contributed by atoms with Gasteiger partial charge in [-0.15, -0.1) is 0 Å². The molecule has 1 atom stereocenters. The van der Waals surface area contributed by atoms with Crippen LogP contribution in [0.15, 0.2) is 0 Å². The molecule has 0 saturated carbocycles. The van der Waals surface area contributed by atoms with E-state index in [2.05, 4.69) is 27.7 Å². The molecule has 2 nitrogen and oxygen atoms in total. The van der Waals surface area contributed by atoms with E-state index in [0.29, 0.717) is 10.9 Å². The van der Waals surface area contributed by atoms with Crippen LogP contribution in [-0.4, -0.2) is 18.2 Å². The third kappa shape index (κ3) is 7.18. The van der Waals surface area contributed by atoms with Gasteiger partial charge in [-0.3, -0.25) is 0 Å². The fourth-order valence-electron chi connectivity index (χ4n) is 1.60. The van der Waals surface area contributed by atoms with E-state index in [-0.39, 0.29) is 5.41 Å². The summed E-state index contributed by atoms with van der Waals surface area (Å²) in [5.74, 6) is 0.675. The van der Waals surface area contributed by atoms with Gasteiger partial charge in [0.1, 0.15) is 0 Å². The van der Waals surface area contributed by atoms with Crippen molar-refractivity contribution in [1.82, 2.24) is 0 Å². The lowest BCUT2D eigenvalue weighted by molar-refractivity contribution is 0.0952. The van der Waals surface area contributed by atoms with Crippen LogP contribution in [0.2, 0.25) is 0 Å². The zero-order valence-electron chi connectivity index (χ0n) is 11.2. The van der Waals surface area contributed by atoms with Gasteiger partial charge in [-0.05, 0) is 25.2 Å². The third-order valence-electron chi connectivity index (χ3n) is 2.94. The first-order valence-electron chi connectivity index (χ1n) is 6.27. The number of hydrogen-bond donors (Lipinski definition) is 1. The second-order valence-electron chi connectivity index (χ2n) is 5.32. The summed E-state index contributed by atoms with van der Waals surface area (Å²) in [6.45, 7) is 10.3. The zero-order valence-corrected chi connectivity index (χ0v) is 12.0. The van der Waals surface area contributed by atoms with E-state index in [4.69, 9.17) is 22.7 Å². The van der Waals surface area contributed by atoms with E-state index in [0.717, 1.165) is 26.1 Å². The number of thiocarbonyl (C=S) groups is 1. The molecule has 0 bridgehead atoms. The maximum Gasteiger partial charge on any atom is 0.0784 e. The minimum absolute atomic E-state index is 0.0340. The largest absolute Gasteiger partial charge is 0.393 e. The first kappa shape index (κ1) is 15.9. The molecule has 0 aliphatic rings. The van der Waals surface area contributed by atoms with Crippen LogP contribution in [0.1, 0.15) is 53.4 Å². The van der Waals surface area contributed by atoms with Gasteiger partial charge in [-0.25, -0.2) is 0 Å². The van der Waals surface area contributed by atoms with Gasteiger partial charge in [-0.1, -0.05) is 46.3 Å². The fourth-order valence-corrected chi connectivity index (χ4v) is 1.70. The number of nitrogens with two attached hydrogens (primary N) is 1. The number of hydrogen-bond acceptors (Lipinski definition) is 2. The van der Waals surface area contributed by atoms with E-state index in [1.54, 1.807) is 0 Å². The van der Waals surface area contributed by atoms with Crippen molar-refractivity contribution in [2.24, 2.45) is 17.1 Å². The van der Waals surface area contributed by atoms with Crippen molar-refractivity contribution in [3.8, 4) is 0 Å². The summed E-state index contributed by atoms with van der Waals surface area (Å²) in [7, 11) is 0. The SMILES string of the molecule is CCCC(C)COCCCC(C)(C)C(N)=S. The first-order valence-corrected chi connectivity index (χ1v) is 6.68. The molecule has 0 amide bonds. The van der Waals surface area contributed by atoms with Gasteiger partial charge >= 0.3 is 0 Å². The van der Waals surface area contributed by atoms with Gasteiger partial charge < -0.3 is 10.5 Å². The average molecular weight is 245 g/mol. The van der Waals surface area contributed by atoms with Crippen LogP contribution in [-0.2, 0) is 4.74 Å². The van der Waals surface area contributed by atoms with Gasteiger partial charge in [0.25, 0.3) is 0 Å². The molecule has 0 radical (unpaired) electrons. The van der Waals surface area contributed by atoms with Gasteiger partial charge in [0.05, 0.1) is 4.99 Å². The smallest absolute Gasteiger partial charge is 0.0784 e.